The fourth-order valence-electron chi connectivity index (χ4n) is 2.67. The third-order valence-corrected chi connectivity index (χ3v) is 5.27. The molecule has 0 saturated heterocycles. The minimum absolute atomic E-state index is 0.646. The van der Waals surface area contributed by atoms with Gasteiger partial charge in [-0.25, -0.2) is 0 Å². The van der Waals surface area contributed by atoms with Crippen molar-refractivity contribution < 1.29 is 0 Å². The molecule has 0 aliphatic carbocycles. The summed E-state index contributed by atoms with van der Waals surface area (Å²) in [6, 6.07) is 8.19. The lowest BCUT2D eigenvalue weighted by Gasteiger charge is -2.05. The number of hydrogen-bond acceptors (Lipinski definition) is 4. The van der Waals surface area contributed by atoms with E-state index >= 15 is 0 Å². The molecule has 27 heavy (non-hydrogen) atoms. The van der Waals surface area contributed by atoms with Gasteiger partial charge in [-0.1, -0.05) is 47.1 Å². The maximum absolute atomic E-state index is 4.09. The van der Waals surface area contributed by atoms with Gasteiger partial charge in [-0.2, -0.15) is 5.21 Å². The minimum atomic E-state index is 0.646. The summed E-state index contributed by atoms with van der Waals surface area (Å²) in [5.41, 5.74) is 5.36. The molecule has 0 bridgehead atoms. The van der Waals surface area contributed by atoms with Crippen molar-refractivity contribution in [1.82, 2.24) is 20.6 Å². The van der Waals surface area contributed by atoms with E-state index in [1.165, 1.54) is 21.6 Å². The first kappa shape index (κ1) is 21.2. The lowest BCUT2D eigenvalue weighted by atomic mass is 10.1. The van der Waals surface area contributed by atoms with Crippen molar-refractivity contribution in [2.24, 2.45) is 0 Å². The van der Waals surface area contributed by atoms with E-state index in [9.17, 15) is 0 Å². The molecule has 1 aromatic heterocycles. The molecule has 0 fully saturated rings. The van der Waals surface area contributed by atoms with Crippen LogP contribution < -0.4 is 0 Å². The predicted octanol–water partition coefficient (Wildman–Crippen LogP) is 6.38. The highest BCUT2D eigenvalue weighted by molar-refractivity contribution is 7.99. The summed E-state index contributed by atoms with van der Waals surface area (Å²) < 4.78 is 0. The predicted molar refractivity (Wildman–Crippen MR) is 116 cm³/mol. The maximum Gasteiger partial charge on any atom is 0.205 e. The Morgan fingerprint density at radius 3 is 2.37 bits per heavy atom. The first-order valence-electron chi connectivity index (χ1n) is 9.46. The van der Waals surface area contributed by atoms with E-state index in [1.807, 2.05) is 30.0 Å². The highest BCUT2D eigenvalue weighted by Gasteiger charge is 2.08. The largest absolute Gasteiger partial charge is 0.205 e. The number of H-pyrrole nitrogens is 1. The summed E-state index contributed by atoms with van der Waals surface area (Å²) in [6.45, 7) is 8.78. The van der Waals surface area contributed by atoms with Gasteiger partial charge in [-0.05, 0) is 70.7 Å². The van der Waals surface area contributed by atoms with Crippen LogP contribution in [-0.4, -0.2) is 26.4 Å². The van der Waals surface area contributed by atoms with Crippen LogP contribution in [0.5, 0.6) is 0 Å². The van der Waals surface area contributed by atoms with Gasteiger partial charge in [0.2, 0.25) is 5.82 Å². The molecular weight excluding hydrogens is 352 g/mol. The molecule has 0 spiro atoms. The van der Waals surface area contributed by atoms with Crippen LogP contribution in [0.15, 0.2) is 64.1 Å². The zero-order valence-electron chi connectivity index (χ0n) is 16.8. The Hall–Kier alpha value is -2.14. The molecule has 2 aromatic rings. The minimum Gasteiger partial charge on any atom is -0.177 e. The highest BCUT2D eigenvalue weighted by Crippen LogP contribution is 2.29. The van der Waals surface area contributed by atoms with E-state index in [2.05, 4.69) is 72.6 Å². The fourth-order valence-corrected chi connectivity index (χ4v) is 3.70. The molecule has 1 aromatic carbocycles. The number of thioether (sulfide) groups is 1. The van der Waals surface area contributed by atoms with E-state index in [0.29, 0.717) is 5.82 Å². The molecule has 0 radical (unpaired) electrons. The van der Waals surface area contributed by atoms with E-state index in [0.717, 1.165) is 37.0 Å². The second-order valence-electron chi connectivity index (χ2n) is 7.00. The van der Waals surface area contributed by atoms with Gasteiger partial charge in [-0.3, -0.25) is 0 Å². The standard InChI is InChI=1S/C22H30N4S/c1-17(2)9-7-10-18(3)11-8-12-19(4)15-16-27-21-14-6-5-13-20(21)22-23-25-26-24-22/h5-6,9,11,13-15H,7-8,10,12,16H2,1-4H3,(H,23,24,25,26). The van der Waals surface area contributed by atoms with Crippen molar-refractivity contribution in [2.45, 2.75) is 58.3 Å². The average Bonchev–Trinajstić information content (AvgIpc) is 3.16. The number of nitrogens with one attached hydrogen (secondary N) is 1. The molecule has 1 heterocycles. The van der Waals surface area contributed by atoms with E-state index in [-0.39, 0.29) is 0 Å². The van der Waals surface area contributed by atoms with Gasteiger partial charge in [0.05, 0.1) is 0 Å². The summed E-state index contributed by atoms with van der Waals surface area (Å²) >= 11 is 1.81. The van der Waals surface area contributed by atoms with Crippen molar-refractivity contribution in [3.8, 4) is 11.4 Å². The summed E-state index contributed by atoms with van der Waals surface area (Å²) in [5.74, 6) is 1.59. The van der Waals surface area contributed by atoms with E-state index in [4.69, 9.17) is 0 Å². The Bertz CT molecular complexity index is 784. The second-order valence-corrected chi connectivity index (χ2v) is 8.06. The molecule has 1 N–H and O–H groups in total. The third-order valence-electron chi connectivity index (χ3n) is 4.27. The topological polar surface area (TPSA) is 54.5 Å². The molecule has 0 saturated carbocycles. The Morgan fingerprint density at radius 1 is 0.963 bits per heavy atom. The van der Waals surface area contributed by atoms with Gasteiger partial charge in [0.25, 0.3) is 0 Å². The lowest BCUT2D eigenvalue weighted by molar-refractivity contribution is 0.881. The van der Waals surface area contributed by atoms with Crippen LogP contribution in [0, 0.1) is 0 Å². The number of benzene rings is 1. The molecule has 2 rings (SSSR count). The summed E-state index contributed by atoms with van der Waals surface area (Å²) in [4.78, 5) is 1.18. The van der Waals surface area contributed by atoms with Crippen LogP contribution in [-0.2, 0) is 0 Å². The van der Waals surface area contributed by atoms with Gasteiger partial charge >= 0.3 is 0 Å². The van der Waals surface area contributed by atoms with Gasteiger partial charge in [0.1, 0.15) is 0 Å². The molecule has 4 nitrogen and oxygen atoms in total. The highest BCUT2D eigenvalue weighted by atomic mass is 32.2. The van der Waals surface area contributed by atoms with E-state index in [1.54, 1.807) is 0 Å². The molecule has 5 heteroatoms. The van der Waals surface area contributed by atoms with Crippen molar-refractivity contribution >= 4 is 11.8 Å². The molecule has 144 valence electrons. The number of rotatable bonds is 10. The first-order valence-corrected chi connectivity index (χ1v) is 10.4. The number of aromatic amines is 1. The summed E-state index contributed by atoms with van der Waals surface area (Å²) in [6.07, 6.45) is 11.6. The summed E-state index contributed by atoms with van der Waals surface area (Å²) in [7, 11) is 0. The SMILES string of the molecule is CC(C)=CCCC(C)=CCCC(C)=CCSc1ccccc1-c1nn[nH]n1. The number of hydrogen-bond donors (Lipinski definition) is 1. The number of aromatic nitrogens is 4. The summed E-state index contributed by atoms with van der Waals surface area (Å²) in [5, 5.41) is 14.4. The molecule has 0 amide bonds. The quantitative estimate of drug-likeness (QED) is 0.383. The molecule has 0 atom stereocenters. The molecular formula is C22H30N4S. The molecule has 0 aliphatic rings. The van der Waals surface area contributed by atoms with Crippen molar-refractivity contribution in [2.75, 3.05) is 5.75 Å². The number of allylic oxidation sites excluding steroid dienone is 5. The Labute approximate surface area is 167 Å². The van der Waals surface area contributed by atoms with Crippen LogP contribution in [0.25, 0.3) is 11.4 Å². The normalized spacial score (nSPS) is 12.3. The van der Waals surface area contributed by atoms with Gasteiger partial charge < -0.3 is 0 Å². The maximum atomic E-state index is 4.09. The van der Waals surface area contributed by atoms with Crippen LogP contribution >= 0.6 is 11.8 Å². The van der Waals surface area contributed by atoms with Crippen LogP contribution in [0.4, 0.5) is 0 Å². The monoisotopic (exact) mass is 382 g/mol. The molecule has 0 unspecified atom stereocenters. The van der Waals surface area contributed by atoms with Crippen LogP contribution in [0.3, 0.4) is 0 Å². The molecule has 0 aliphatic heterocycles. The van der Waals surface area contributed by atoms with Gasteiger partial charge in [0, 0.05) is 16.2 Å². The van der Waals surface area contributed by atoms with Crippen molar-refractivity contribution in [1.29, 1.82) is 0 Å². The van der Waals surface area contributed by atoms with Crippen LogP contribution in [0.2, 0.25) is 0 Å². The first-order chi connectivity index (χ1) is 13.1. The smallest absolute Gasteiger partial charge is 0.177 e. The van der Waals surface area contributed by atoms with Gasteiger partial charge in [-0.15, -0.1) is 22.0 Å². The van der Waals surface area contributed by atoms with Crippen molar-refractivity contribution in [3.05, 3.63) is 59.2 Å². The van der Waals surface area contributed by atoms with E-state index < -0.39 is 0 Å². The van der Waals surface area contributed by atoms with Crippen molar-refractivity contribution in [3.63, 3.8) is 0 Å². The second kappa shape index (κ2) is 11.5. The lowest BCUT2D eigenvalue weighted by Crippen LogP contribution is -1.86. The number of tetrazole rings is 1. The Balaban J connectivity index is 1.79. The zero-order chi connectivity index (χ0) is 19.5. The fraction of sp³-hybridized carbons (Fsp3) is 0.409. The Kier molecular flexibility index (Phi) is 9.05. The Morgan fingerprint density at radius 2 is 1.67 bits per heavy atom. The zero-order valence-corrected chi connectivity index (χ0v) is 17.6. The average molecular weight is 383 g/mol. The number of nitrogens with zero attached hydrogens (tertiary/aromatic N) is 3. The van der Waals surface area contributed by atoms with Gasteiger partial charge in [0.15, 0.2) is 0 Å². The third kappa shape index (κ3) is 7.95. The van der Waals surface area contributed by atoms with Crippen LogP contribution in [0.1, 0.15) is 53.4 Å².